The summed E-state index contributed by atoms with van der Waals surface area (Å²) in [6, 6.07) is 5.54. The first-order valence-electron chi connectivity index (χ1n) is 6.66. The van der Waals surface area contributed by atoms with Crippen molar-refractivity contribution in [3.63, 3.8) is 0 Å². The second-order valence-electron chi connectivity index (χ2n) is 5.26. The third kappa shape index (κ3) is 3.29. The Balaban J connectivity index is 1.59. The van der Waals surface area contributed by atoms with Crippen molar-refractivity contribution in [1.82, 2.24) is 4.90 Å². The number of nitrogens with zero attached hydrogens (tertiary/aromatic N) is 1. The summed E-state index contributed by atoms with van der Waals surface area (Å²) < 4.78 is 45.4. The van der Waals surface area contributed by atoms with Crippen LogP contribution in [-0.4, -0.2) is 42.5 Å². The Morgan fingerprint density at radius 2 is 2.05 bits per heavy atom. The third-order valence-corrected chi connectivity index (χ3v) is 3.73. The Hall–Kier alpha value is -1.76. The molecule has 2 bridgehead atoms. The molecule has 7 heteroatoms. The van der Waals surface area contributed by atoms with Crippen LogP contribution in [0.2, 0.25) is 0 Å². The number of carbonyl (C=O) groups is 1. The molecule has 114 valence electrons. The summed E-state index contributed by atoms with van der Waals surface area (Å²) in [5.41, 5.74) is 0.665. The molecule has 0 saturated carbocycles. The van der Waals surface area contributed by atoms with E-state index in [-0.39, 0.29) is 30.2 Å². The van der Waals surface area contributed by atoms with E-state index in [0.29, 0.717) is 18.7 Å². The molecule has 2 atom stereocenters. The van der Waals surface area contributed by atoms with Crippen LogP contribution in [0.3, 0.4) is 0 Å². The van der Waals surface area contributed by atoms with Gasteiger partial charge in [-0.2, -0.15) is 0 Å². The lowest BCUT2D eigenvalue weighted by Crippen LogP contribution is -2.42. The van der Waals surface area contributed by atoms with Crippen LogP contribution in [0.4, 0.5) is 13.2 Å². The molecule has 3 rings (SSSR count). The molecule has 1 aromatic carbocycles. The SMILES string of the molecule is O=C(Cc1ccc(OC(F)(F)F)cc1)N1CC2CC1CO2. The molecule has 2 saturated heterocycles. The topological polar surface area (TPSA) is 38.8 Å². The summed E-state index contributed by atoms with van der Waals surface area (Å²) in [4.78, 5) is 14.0. The fraction of sp³-hybridized carbons (Fsp3) is 0.500. The zero-order valence-corrected chi connectivity index (χ0v) is 11.1. The van der Waals surface area contributed by atoms with E-state index in [2.05, 4.69) is 4.74 Å². The van der Waals surface area contributed by atoms with Gasteiger partial charge in [0.1, 0.15) is 5.75 Å². The van der Waals surface area contributed by atoms with E-state index in [4.69, 9.17) is 4.74 Å². The van der Waals surface area contributed by atoms with E-state index in [0.717, 1.165) is 6.42 Å². The highest BCUT2D eigenvalue weighted by molar-refractivity contribution is 5.79. The van der Waals surface area contributed by atoms with E-state index in [1.807, 2.05) is 0 Å². The van der Waals surface area contributed by atoms with Gasteiger partial charge in [0.05, 0.1) is 25.2 Å². The molecule has 0 aliphatic carbocycles. The molecule has 2 aliphatic heterocycles. The molecular weight excluding hydrogens is 287 g/mol. The number of fused-ring (bicyclic) bond motifs is 2. The molecule has 2 fully saturated rings. The minimum atomic E-state index is -4.70. The van der Waals surface area contributed by atoms with Crippen molar-refractivity contribution in [3.05, 3.63) is 29.8 Å². The number of benzene rings is 1. The van der Waals surface area contributed by atoms with Crippen molar-refractivity contribution >= 4 is 5.91 Å². The maximum absolute atomic E-state index is 12.2. The Kier molecular flexibility index (Phi) is 3.52. The number of amides is 1. The zero-order valence-electron chi connectivity index (χ0n) is 11.1. The van der Waals surface area contributed by atoms with Crippen LogP contribution in [0.1, 0.15) is 12.0 Å². The Labute approximate surface area is 119 Å². The molecule has 4 nitrogen and oxygen atoms in total. The van der Waals surface area contributed by atoms with Crippen molar-refractivity contribution in [2.24, 2.45) is 0 Å². The van der Waals surface area contributed by atoms with Crippen molar-refractivity contribution < 1.29 is 27.4 Å². The molecule has 21 heavy (non-hydrogen) atoms. The first kappa shape index (κ1) is 14.2. The van der Waals surface area contributed by atoms with Gasteiger partial charge in [0, 0.05) is 6.54 Å². The van der Waals surface area contributed by atoms with Crippen LogP contribution in [0.25, 0.3) is 0 Å². The second kappa shape index (κ2) is 5.22. The second-order valence-corrected chi connectivity index (χ2v) is 5.26. The third-order valence-electron chi connectivity index (χ3n) is 3.73. The van der Waals surface area contributed by atoms with Crippen molar-refractivity contribution in [3.8, 4) is 5.75 Å². The highest BCUT2D eigenvalue weighted by Gasteiger charge is 2.41. The van der Waals surface area contributed by atoms with Gasteiger partial charge in [-0.25, -0.2) is 0 Å². The van der Waals surface area contributed by atoms with E-state index < -0.39 is 6.36 Å². The van der Waals surface area contributed by atoms with Gasteiger partial charge in [-0.05, 0) is 24.1 Å². The van der Waals surface area contributed by atoms with Gasteiger partial charge in [-0.1, -0.05) is 12.1 Å². The van der Waals surface area contributed by atoms with E-state index in [1.54, 1.807) is 4.90 Å². The molecule has 0 spiro atoms. The molecule has 2 aliphatic rings. The first-order chi connectivity index (χ1) is 9.90. The number of halogens is 3. The fourth-order valence-electron chi connectivity index (χ4n) is 2.79. The lowest BCUT2D eigenvalue weighted by atomic mass is 10.1. The molecule has 2 heterocycles. The Bertz CT molecular complexity index is 529. The van der Waals surface area contributed by atoms with Crippen LogP contribution in [0, 0.1) is 0 Å². The van der Waals surface area contributed by atoms with Gasteiger partial charge in [0.25, 0.3) is 0 Å². The molecule has 1 aromatic rings. The number of carbonyl (C=O) groups excluding carboxylic acids is 1. The number of alkyl halides is 3. The number of morpholine rings is 1. The van der Waals surface area contributed by atoms with Gasteiger partial charge in [0.2, 0.25) is 5.91 Å². The van der Waals surface area contributed by atoms with Gasteiger partial charge in [-0.15, -0.1) is 13.2 Å². The van der Waals surface area contributed by atoms with Gasteiger partial charge < -0.3 is 14.4 Å². The summed E-state index contributed by atoms with van der Waals surface area (Å²) in [6.45, 7) is 1.19. The highest BCUT2D eigenvalue weighted by Crippen LogP contribution is 2.28. The largest absolute Gasteiger partial charge is 0.573 e. The fourth-order valence-corrected chi connectivity index (χ4v) is 2.79. The van der Waals surface area contributed by atoms with E-state index in [9.17, 15) is 18.0 Å². The van der Waals surface area contributed by atoms with Gasteiger partial charge in [-0.3, -0.25) is 4.79 Å². The quantitative estimate of drug-likeness (QED) is 0.858. The molecule has 0 aromatic heterocycles. The van der Waals surface area contributed by atoms with Crippen LogP contribution in [0.15, 0.2) is 24.3 Å². The normalized spacial score (nSPS) is 24.4. The predicted octanol–water partition coefficient (Wildman–Crippen LogP) is 2.13. The van der Waals surface area contributed by atoms with Crippen LogP contribution >= 0.6 is 0 Å². The Morgan fingerprint density at radius 1 is 1.33 bits per heavy atom. The number of hydrogen-bond acceptors (Lipinski definition) is 3. The maximum atomic E-state index is 12.2. The van der Waals surface area contributed by atoms with Crippen LogP contribution < -0.4 is 4.74 Å². The lowest BCUT2D eigenvalue weighted by Gasteiger charge is -2.27. The number of hydrogen-bond donors (Lipinski definition) is 0. The number of ether oxygens (including phenoxy) is 2. The van der Waals surface area contributed by atoms with Gasteiger partial charge >= 0.3 is 6.36 Å². The van der Waals surface area contributed by atoms with Crippen LogP contribution in [-0.2, 0) is 16.0 Å². The van der Waals surface area contributed by atoms with E-state index in [1.165, 1.54) is 24.3 Å². The monoisotopic (exact) mass is 301 g/mol. The summed E-state index contributed by atoms with van der Waals surface area (Å²) in [6.07, 6.45) is -3.51. The average Bonchev–Trinajstić information content (AvgIpc) is 3.01. The highest BCUT2D eigenvalue weighted by atomic mass is 19.4. The van der Waals surface area contributed by atoms with Gasteiger partial charge in [0.15, 0.2) is 0 Å². The summed E-state index contributed by atoms with van der Waals surface area (Å²) in [5.74, 6) is -0.303. The standard InChI is InChI=1S/C14H14F3NO3/c15-14(16,17)21-11-3-1-9(2-4-11)5-13(19)18-7-12-6-10(18)8-20-12/h1-4,10,12H,5-8H2. The number of likely N-dealkylation sites (tertiary alicyclic amines) is 1. The van der Waals surface area contributed by atoms with Crippen molar-refractivity contribution in [2.45, 2.75) is 31.3 Å². The van der Waals surface area contributed by atoms with Crippen LogP contribution in [0.5, 0.6) is 5.75 Å². The minimum absolute atomic E-state index is 0.0183. The zero-order chi connectivity index (χ0) is 15.0. The smallest absolute Gasteiger partial charge is 0.406 e. The molecule has 0 N–H and O–H groups in total. The molecule has 0 radical (unpaired) electrons. The van der Waals surface area contributed by atoms with Crippen molar-refractivity contribution in [2.75, 3.05) is 13.2 Å². The first-order valence-corrected chi connectivity index (χ1v) is 6.66. The molecule has 2 unspecified atom stereocenters. The predicted molar refractivity (Wildman–Crippen MR) is 66.7 cm³/mol. The lowest BCUT2D eigenvalue weighted by molar-refractivity contribution is -0.274. The van der Waals surface area contributed by atoms with Crippen molar-refractivity contribution in [1.29, 1.82) is 0 Å². The number of rotatable bonds is 3. The summed E-state index contributed by atoms with van der Waals surface area (Å²) in [7, 11) is 0. The molecule has 1 amide bonds. The minimum Gasteiger partial charge on any atom is -0.406 e. The summed E-state index contributed by atoms with van der Waals surface area (Å²) in [5, 5.41) is 0. The average molecular weight is 301 g/mol. The van der Waals surface area contributed by atoms with E-state index >= 15 is 0 Å². The molecular formula is C14H14F3NO3. The Morgan fingerprint density at radius 3 is 2.57 bits per heavy atom. The maximum Gasteiger partial charge on any atom is 0.573 e. The summed E-state index contributed by atoms with van der Waals surface area (Å²) >= 11 is 0.